The Bertz CT molecular complexity index is 2460. The number of aryl methyl sites for hydroxylation is 2. The third-order valence-corrected chi connectivity index (χ3v) is 13.8. The number of piperazine rings is 1. The van der Waals surface area contributed by atoms with Crippen molar-refractivity contribution in [3.8, 4) is 0 Å². The standard InChI is InChI=1S/C26H29ClN4.C25H28ClN5.2C2H6/c1-30-13-8-19(9-14-30)25-23-7-6-22(27)17-21(23)16-20(24-5-2-10-29-26(24)25)4-3-12-31-15-11-28-18-31;1-29-12-14-31(15-13-29)25-22-7-6-21(26)17-23(22)19(5-3-10-30-11-9-27-18-30)16-20-4-2-8-28-24(20)25;2*1-2/h2,5-7,10-11,15-19,25H,3-4,8-9,12-14H2,1H3;2,4,6-9,11,16-18,25H,3,5,10,12-15H2,1H3;2*1-2H3. The molecule has 0 saturated carbocycles. The third kappa shape index (κ3) is 12.0. The summed E-state index contributed by atoms with van der Waals surface area (Å²) in [6.45, 7) is 16.4. The number of fused-ring (bicyclic) bond motifs is 4. The highest BCUT2D eigenvalue weighted by Gasteiger charge is 2.35. The molecule has 4 aliphatic rings. The number of nitrogens with zero attached hydrogens (tertiary/aromatic N) is 9. The number of likely N-dealkylation sites (N-methyl/N-ethyl adjacent to an activating group) is 1. The molecular formula is C55H69Cl2N9. The number of likely N-dealkylation sites (tertiary alicyclic amines) is 1. The summed E-state index contributed by atoms with van der Waals surface area (Å²) in [4.78, 5) is 25.6. The molecule has 4 aromatic heterocycles. The summed E-state index contributed by atoms with van der Waals surface area (Å²) in [6, 6.07) is 21.6. The van der Waals surface area contributed by atoms with Gasteiger partial charge >= 0.3 is 0 Å². The Morgan fingerprint density at radius 3 is 1.77 bits per heavy atom. The highest BCUT2D eigenvalue weighted by molar-refractivity contribution is 6.31. The summed E-state index contributed by atoms with van der Waals surface area (Å²) >= 11 is 13.0. The van der Waals surface area contributed by atoms with E-state index < -0.39 is 0 Å². The van der Waals surface area contributed by atoms with Crippen molar-refractivity contribution >= 4 is 46.5 Å². The van der Waals surface area contributed by atoms with Gasteiger partial charge in [-0.05, 0) is 159 Å². The van der Waals surface area contributed by atoms with Gasteiger partial charge in [0.1, 0.15) is 0 Å². The molecule has 66 heavy (non-hydrogen) atoms. The smallest absolute Gasteiger partial charge is 0.0945 e. The summed E-state index contributed by atoms with van der Waals surface area (Å²) in [5, 5.41) is 1.59. The molecule has 0 bridgehead atoms. The minimum Gasteiger partial charge on any atom is -0.337 e. The van der Waals surface area contributed by atoms with Crippen LogP contribution in [-0.4, -0.2) is 97.1 Å². The molecule has 9 nitrogen and oxygen atoms in total. The predicted octanol–water partition coefficient (Wildman–Crippen LogP) is 12.4. The van der Waals surface area contributed by atoms with Gasteiger partial charge in [-0.3, -0.25) is 14.9 Å². The first-order valence-corrected chi connectivity index (χ1v) is 25.1. The molecule has 0 spiro atoms. The molecule has 0 radical (unpaired) electrons. The maximum Gasteiger partial charge on any atom is 0.0945 e. The Hall–Kier alpha value is -4.90. The number of pyridine rings is 2. The number of halogens is 2. The molecule has 2 fully saturated rings. The lowest BCUT2D eigenvalue weighted by Crippen LogP contribution is -2.46. The van der Waals surface area contributed by atoms with E-state index in [9.17, 15) is 0 Å². The zero-order valence-electron chi connectivity index (χ0n) is 40.0. The second-order valence-corrected chi connectivity index (χ2v) is 18.3. The van der Waals surface area contributed by atoms with Gasteiger partial charge in [0.25, 0.3) is 0 Å². The van der Waals surface area contributed by atoms with Gasteiger partial charge in [0, 0.05) is 92.4 Å². The first kappa shape index (κ1) is 49.0. The molecule has 2 saturated heterocycles. The van der Waals surface area contributed by atoms with Crippen LogP contribution in [0.1, 0.15) is 123 Å². The number of hydrogen-bond acceptors (Lipinski definition) is 7. The Kier molecular flexibility index (Phi) is 18.0. The molecule has 6 aromatic rings. The zero-order chi connectivity index (χ0) is 46.4. The van der Waals surface area contributed by atoms with E-state index in [-0.39, 0.29) is 6.04 Å². The van der Waals surface area contributed by atoms with Gasteiger partial charge < -0.3 is 18.9 Å². The molecule has 6 heterocycles. The predicted molar refractivity (Wildman–Crippen MR) is 276 cm³/mol. The van der Waals surface area contributed by atoms with Gasteiger partial charge in [-0.25, -0.2) is 9.97 Å². The molecule has 2 unspecified atom stereocenters. The summed E-state index contributed by atoms with van der Waals surface area (Å²) in [6.07, 6.45) is 26.6. The largest absolute Gasteiger partial charge is 0.337 e. The Labute approximate surface area is 404 Å². The molecule has 348 valence electrons. The van der Waals surface area contributed by atoms with Crippen LogP contribution in [0.3, 0.4) is 0 Å². The Balaban J connectivity index is 0.000000183. The average Bonchev–Trinajstić information content (AvgIpc) is 4.04. The molecule has 2 aromatic carbocycles. The number of piperidine rings is 1. The summed E-state index contributed by atoms with van der Waals surface area (Å²) in [5.74, 6) is 0.919. The average molecular weight is 927 g/mol. The number of benzene rings is 2. The second-order valence-electron chi connectivity index (χ2n) is 17.4. The van der Waals surface area contributed by atoms with Crippen molar-refractivity contribution in [2.75, 3.05) is 53.4 Å². The number of imidazole rings is 2. The van der Waals surface area contributed by atoms with Crippen molar-refractivity contribution in [3.05, 3.63) is 165 Å². The van der Waals surface area contributed by atoms with Gasteiger partial charge in [-0.15, -0.1) is 0 Å². The number of aromatic nitrogens is 6. The van der Waals surface area contributed by atoms with Gasteiger partial charge in [-0.2, -0.15) is 0 Å². The van der Waals surface area contributed by atoms with E-state index in [2.05, 4.69) is 103 Å². The zero-order valence-corrected chi connectivity index (χ0v) is 41.5. The Morgan fingerprint density at radius 1 is 0.576 bits per heavy atom. The van der Waals surface area contributed by atoms with Crippen LogP contribution < -0.4 is 0 Å². The van der Waals surface area contributed by atoms with E-state index in [4.69, 9.17) is 33.2 Å². The summed E-state index contributed by atoms with van der Waals surface area (Å²) in [7, 11) is 4.42. The van der Waals surface area contributed by atoms with Crippen molar-refractivity contribution in [1.82, 2.24) is 43.8 Å². The second kappa shape index (κ2) is 24.2. The number of rotatable bonds is 10. The minimum atomic E-state index is 0.152. The van der Waals surface area contributed by atoms with Crippen LogP contribution in [0.25, 0.3) is 23.3 Å². The number of allylic oxidation sites excluding steroid dienone is 2. The lowest BCUT2D eigenvalue weighted by atomic mass is 9.76. The molecule has 0 amide bonds. The van der Waals surface area contributed by atoms with Crippen LogP contribution in [-0.2, 0) is 13.1 Å². The fourth-order valence-corrected chi connectivity index (χ4v) is 10.3. The monoisotopic (exact) mass is 926 g/mol. The van der Waals surface area contributed by atoms with Crippen molar-refractivity contribution in [2.45, 2.75) is 91.3 Å². The van der Waals surface area contributed by atoms with Crippen molar-refractivity contribution in [2.24, 2.45) is 5.92 Å². The van der Waals surface area contributed by atoms with Crippen molar-refractivity contribution < 1.29 is 0 Å². The van der Waals surface area contributed by atoms with Crippen LogP contribution in [0.4, 0.5) is 0 Å². The number of hydrogen-bond donors (Lipinski definition) is 0. The van der Waals surface area contributed by atoms with E-state index in [0.29, 0.717) is 11.8 Å². The van der Waals surface area contributed by atoms with E-state index in [0.717, 1.165) is 93.8 Å². The normalized spacial score (nSPS) is 18.4. The van der Waals surface area contributed by atoms with E-state index in [1.54, 1.807) is 0 Å². The van der Waals surface area contributed by atoms with Gasteiger partial charge in [0.05, 0.1) is 30.1 Å². The van der Waals surface area contributed by atoms with Crippen LogP contribution in [0.15, 0.2) is 110 Å². The molecule has 2 aliphatic heterocycles. The molecule has 11 heteroatoms. The maximum atomic E-state index is 6.50. The lowest BCUT2D eigenvalue weighted by Gasteiger charge is -2.38. The SMILES string of the molecule is CC.CC.CN1CCC(C2c3ccc(Cl)cc3C=C(CCCn3ccnc3)c3cccnc32)CC1.CN1CCN(C2c3ccc(Cl)cc3C(CCCn3ccnc3)=Cc3cccnc32)CC1. The van der Waals surface area contributed by atoms with Crippen LogP contribution in [0.5, 0.6) is 0 Å². The van der Waals surface area contributed by atoms with Gasteiger partial charge in [-0.1, -0.05) is 81.2 Å². The van der Waals surface area contributed by atoms with E-state index >= 15 is 0 Å². The quantitative estimate of drug-likeness (QED) is 0.136. The molecule has 0 N–H and O–H groups in total. The first-order chi connectivity index (χ1) is 32.4. The fourth-order valence-electron chi connectivity index (χ4n) is 9.99. The topological polar surface area (TPSA) is 71.1 Å². The summed E-state index contributed by atoms with van der Waals surface area (Å²) < 4.78 is 4.28. The first-order valence-electron chi connectivity index (χ1n) is 24.3. The van der Waals surface area contributed by atoms with Crippen LogP contribution >= 0.6 is 23.2 Å². The minimum absolute atomic E-state index is 0.152. The fraction of sp³-hybridized carbons (Fsp3) is 0.418. The molecule has 2 aliphatic carbocycles. The Morgan fingerprint density at radius 2 is 1.14 bits per heavy atom. The van der Waals surface area contributed by atoms with Gasteiger partial charge in [0.2, 0.25) is 0 Å². The van der Waals surface area contributed by atoms with Gasteiger partial charge in [0.15, 0.2) is 0 Å². The highest BCUT2D eigenvalue weighted by Crippen LogP contribution is 2.46. The maximum absolute atomic E-state index is 6.50. The third-order valence-electron chi connectivity index (χ3n) is 13.3. The van der Waals surface area contributed by atoms with E-state index in [1.165, 1.54) is 63.1 Å². The van der Waals surface area contributed by atoms with Crippen LogP contribution in [0.2, 0.25) is 10.0 Å². The highest BCUT2D eigenvalue weighted by atomic mass is 35.5. The molecule has 10 rings (SSSR count). The summed E-state index contributed by atoms with van der Waals surface area (Å²) in [5.41, 5.74) is 12.8. The molecule has 2 atom stereocenters. The van der Waals surface area contributed by atoms with Crippen molar-refractivity contribution in [3.63, 3.8) is 0 Å². The van der Waals surface area contributed by atoms with E-state index in [1.807, 2.05) is 95.7 Å². The lowest BCUT2D eigenvalue weighted by molar-refractivity contribution is 0.125. The molecular weight excluding hydrogens is 858 g/mol. The van der Waals surface area contributed by atoms with Crippen LogP contribution in [0, 0.1) is 5.92 Å². The van der Waals surface area contributed by atoms with Crippen molar-refractivity contribution in [1.29, 1.82) is 0 Å².